The quantitative estimate of drug-likeness (QED) is 0.711. The van der Waals surface area contributed by atoms with Crippen molar-refractivity contribution in [3.05, 3.63) is 64.8 Å². The third kappa shape index (κ3) is 4.87. The third-order valence-corrected chi connectivity index (χ3v) is 5.87. The summed E-state index contributed by atoms with van der Waals surface area (Å²) in [6, 6.07) is 10.8. The average Bonchev–Trinajstić information content (AvgIpc) is 3.22. The molecule has 0 radical (unpaired) electrons. The van der Waals surface area contributed by atoms with Crippen molar-refractivity contribution >= 4 is 29.5 Å². The van der Waals surface area contributed by atoms with Gasteiger partial charge in [0.2, 0.25) is 5.91 Å². The van der Waals surface area contributed by atoms with Crippen LogP contribution >= 0.6 is 11.6 Å². The molecule has 30 heavy (non-hydrogen) atoms. The second kappa shape index (κ2) is 8.96. The minimum atomic E-state index is -0.251. The summed E-state index contributed by atoms with van der Waals surface area (Å²) in [4.78, 5) is 25.2. The van der Waals surface area contributed by atoms with Crippen LogP contribution in [0.5, 0.6) is 0 Å². The molecule has 1 aromatic heterocycles. The minimum absolute atomic E-state index is 0.0178. The predicted octanol–water partition coefficient (Wildman–Crippen LogP) is 3.71. The van der Waals surface area contributed by atoms with E-state index in [9.17, 15) is 9.59 Å². The van der Waals surface area contributed by atoms with Crippen LogP contribution in [0, 0.1) is 5.92 Å². The van der Waals surface area contributed by atoms with Crippen molar-refractivity contribution in [2.45, 2.75) is 50.8 Å². The van der Waals surface area contributed by atoms with Crippen LogP contribution in [0.3, 0.4) is 0 Å². The molecule has 158 valence electrons. The summed E-state index contributed by atoms with van der Waals surface area (Å²) in [7, 11) is 0. The van der Waals surface area contributed by atoms with Crippen molar-refractivity contribution < 1.29 is 18.7 Å². The number of rotatable bonds is 5. The van der Waals surface area contributed by atoms with E-state index in [1.807, 2.05) is 31.2 Å². The lowest BCUT2D eigenvalue weighted by atomic mass is 9.82. The van der Waals surface area contributed by atoms with Crippen molar-refractivity contribution in [2.24, 2.45) is 5.92 Å². The fraction of sp³-hybridized carbons (Fsp3) is 0.391. The molecule has 1 saturated carbocycles. The molecule has 2 aliphatic rings. The van der Waals surface area contributed by atoms with Crippen LogP contribution in [-0.2, 0) is 20.7 Å². The summed E-state index contributed by atoms with van der Waals surface area (Å²) in [6.07, 6.45) is 5.90. The number of hydrogen-bond donors (Lipinski definition) is 2. The number of amides is 2. The van der Waals surface area contributed by atoms with Gasteiger partial charge in [-0.25, -0.2) is 0 Å². The Morgan fingerprint density at radius 2 is 2.10 bits per heavy atom. The Labute approximate surface area is 180 Å². The van der Waals surface area contributed by atoms with Gasteiger partial charge in [-0.05, 0) is 62.1 Å². The van der Waals surface area contributed by atoms with E-state index in [0.717, 1.165) is 17.7 Å². The van der Waals surface area contributed by atoms with E-state index < -0.39 is 0 Å². The molecular formula is C23H25ClN2O4. The molecule has 6 nitrogen and oxygen atoms in total. The highest BCUT2D eigenvalue weighted by Crippen LogP contribution is 2.31. The van der Waals surface area contributed by atoms with E-state index in [2.05, 4.69) is 10.6 Å². The van der Waals surface area contributed by atoms with Crippen LogP contribution < -0.4 is 10.6 Å². The highest BCUT2D eigenvalue weighted by atomic mass is 35.5. The molecular weight excluding hydrogens is 404 g/mol. The molecule has 2 amide bonds. The number of ether oxygens (including phenoxy) is 1. The highest BCUT2D eigenvalue weighted by Gasteiger charge is 2.40. The van der Waals surface area contributed by atoms with Crippen LogP contribution in [0.1, 0.15) is 37.5 Å². The number of furan rings is 1. The maximum absolute atomic E-state index is 12.7. The van der Waals surface area contributed by atoms with Gasteiger partial charge in [-0.1, -0.05) is 23.7 Å². The summed E-state index contributed by atoms with van der Waals surface area (Å²) < 4.78 is 11.3. The molecule has 1 aromatic carbocycles. The minimum Gasteiger partial charge on any atom is -0.483 e. The molecule has 2 aromatic rings. The zero-order chi connectivity index (χ0) is 21.1. The van der Waals surface area contributed by atoms with Gasteiger partial charge < -0.3 is 19.8 Å². The Balaban J connectivity index is 1.33. The second-order valence-corrected chi connectivity index (χ2v) is 8.44. The molecule has 1 saturated heterocycles. The monoisotopic (exact) mass is 428 g/mol. The zero-order valence-electron chi connectivity index (χ0n) is 16.8. The summed E-state index contributed by atoms with van der Waals surface area (Å²) in [5.41, 5.74) is 0.849. The second-order valence-electron chi connectivity index (χ2n) is 8.00. The maximum Gasteiger partial charge on any atom is 0.286 e. The molecule has 7 heteroatoms. The normalized spacial score (nSPS) is 25.7. The lowest BCUT2D eigenvalue weighted by molar-refractivity contribution is -0.135. The number of benzene rings is 1. The largest absolute Gasteiger partial charge is 0.483 e. The first-order valence-corrected chi connectivity index (χ1v) is 10.6. The third-order valence-electron chi connectivity index (χ3n) is 5.62. The van der Waals surface area contributed by atoms with Crippen LogP contribution in [0.25, 0.3) is 6.08 Å². The summed E-state index contributed by atoms with van der Waals surface area (Å²) in [5, 5.41) is 6.73. The van der Waals surface area contributed by atoms with Gasteiger partial charge in [-0.15, -0.1) is 0 Å². The van der Waals surface area contributed by atoms with Crippen molar-refractivity contribution in [3.8, 4) is 0 Å². The maximum atomic E-state index is 12.7. The van der Waals surface area contributed by atoms with Gasteiger partial charge in [0.1, 0.15) is 11.9 Å². The summed E-state index contributed by atoms with van der Waals surface area (Å²) in [6.45, 7) is 1.96. The Bertz CT molecular complexity index is 923. The Kier molecular flexibility index (Phi) is 6.13. The molecule has 1 aliphatic carbocycles. The Morgan fingerprint density at radius 1 is 1.30 bits per heavy atom. The first kappa shape index (κ1) is 20.5. The molecule has 4 atom stereocenters. The van der Waals surface area contributed by atoms with Crippen molar-refractivity contribution in [3.63, 3.8) is 0 Å². The van der Waals surface area contributed by atoms with Gasteiger partial charge >= 0.3 is 0 Å². The molecule has 0 spiro atoms. The first-order chi connectivity index (χ1) is 14.5. The van der Waals surface area contributed by atoms with E-state index in [4.69, 9.17) is 20.8 Å². The van der Waals surface area contributed by atoms with Gasteiger partial charge in [-0.3, -0.25) is 9.59 Å². The summed E-state index contributed by atoms with van der Waals surface area (Å²) in [5.74, 6) is 0.770. The number of carbonyl (C=O) groups excluding carboxylic acids is 2. The van der Waals surface area contributed by atoms with Crippen LogP contribution in [-0.4, -0.2) is 30.0 Å². The number of halogens is 1. The van der Waals surface area contributed by atoms with Crippen LogP contribution in [0.4, 0.5) is 0 Å². The number of carbonyl (C=O) groups is 2. The molecule has 0 bridgehead atoms. The highest BCUT2D eigenvalue weighted by molar-refractivity contribution is 6.30. The number of morpholine rings is 1. The number of nitrogens with one attached hydrogen (secondary N) is 2. The first-order valence-electron chi connectivity index (χ1n) is 10.3. The number of hydrogen-bond acceptors (Lipinski definition) is 4. The van der Waals surface area contributed by atoms with Gasteiger partial charge in [0.15, 0.2) is 5.76 Å². The predicted molar refractivity (Wildman–Crippen MR) is 114 cm³/mol. The summed E-state index contributed by atoms with van der Waals surface area (Å²) >= 11 is 5.91. The van der Waals surface area contributed by atoms with Gasteiger partial charge in [0.05, 0.1) is 12.3 Å². The van der Waals surface area contributed by atoms with E-state index in [-0.39, 0.29) is 35.9 Å². The van der Waals surface area contributed by atoms with Crippen LogP contribution in [0.2, 0.25) is 5.02 Å². The molecule has 2 N–H and O–H groups in total. The van der Waals surface area contributed by atoms with Gasteiger partial charge in [-0.2, -0.15) is 0 Å². The van der Waals surface area contributed by atoms with Gasteiger partial charge in [0, 0.05) is 23.4 Å². The molecule has 2 fully saturated rings. The SMILES string of the molecule is CC(Cc1ccco1)NC(=O)C1CCC2O/C(=C/c3ccc(Cl)cc3)C(=O)NC2C1. The number of fused-ring (bicyclic) bond motifs is 1. The average molecular weight is 429 g/mol. The zero-order valence-corrected chi connectivity index (χ0v) is 17.5. The molecule has 4 rings (SSSR count). The Morgan fingerprint density at radius 3 is 2.83 bits per heavy atom. The van der Waals surface area contributed by atoms with E-state index in [1.165, 1.54) is 0 Å². The Hall–Kier alpha value is -2.73. The molecule has 4 unspecified atom stereocenters. The standard InChI is InChI=1S/C23H25ClN2O4/c1-14(11-18-3-2-10-29-18)25-22(27)16-6-9-20-19(13-16)26-23(28)21(30-20)12-15-4-7-17(24)8-5-15/h2-5,7-8,10,12,14,16,19-20H,6,9,11,13H2,1H3,(H,25,27)(H,26,28)/b21-12+. The fourth-order valence-electron chi connectivity index (χ4n) is 4.08. The van der Waals surface area contributed by atoms with E-state index >= 15 is 0 Å². The molecule has 2 heterocycles. The van der Waals surface area contributed by atoms with E-state index in [1.54, 1.807) is 24.5 Å². The van der Waals surface area contributed by atoms with Crippen LogP contribution in [0.15, 0.2) is 52.8 Å². The molecule has 1 aliphatic heterocycles. The lowest BCUT2D eigenvalue weighted by Crippen LogP contribution is -2.55. The van der Waals surface area contributed by atoms with Gasteiger partial charge in [0.25, 0.3) is 5.91 Å². The van der Waals surface area contributed by atoms with Crippen molar-refractivity contribution in [2.75, 3.05) is 0 Å². The van der Waals surface area contributed by atoms with Crippen molar-refractivity contribution in [1.29, 1.82) is 0 Å². The fourth-order valence-corrected chi connectivity index (χ4v) is 4.21. The smallest absolute Gasteiger partial charge is 0.286 e. The topological polar surface area (TPSA) is 80.6 Å². The lowest BCUT2D eigenvalue weighted by Gasteiger charge is -2.40. The van der Waals surface area contributed by atoms with Crippen molar-refractivity contribution in [1.82, 2.24) is 10.6 Å². The van der Waals surface area contributed by atoms with E-state index in [0.29, 0.717) is 30.0 Å².